The number of aryl methyl sites for hydroxylation is 1. The van der Waals surface area contributed by atoms with Crippen LogP contribution in [0.4, 0.5) is 13.2 Å². The predicted molar refractivity (Wildman–Crippen MR) is 40.8 cm³/mol. The van der Waals surface area contributed by atoms with Gasteiger partial charge < -0.3 is 5.11 Å². The smallest absolute Gasteiger partial charge is 0.336 e. The molecule has 0 aliphatic rings. The van der Waals surface area contributed by atoms with E-state index in [0.29, 0.717) is 6.07 Å². The molecule has 3 nitrogen and oxygen atoms in total. The van der Waals surface area contributed by atoms with Gasteiger partial charge in [0.05, 0.1) is 16.8 Å². The molecular weight excluding hydrogens is 199 g/mol. The van der Waals surface area contributed by atoms with Gasteiger partial charge in [-0.3, -0.25) is 0 Å². The zero-order chi connectivity index (χ0) is 10.9. The highest BCUT2D eigenvalue weighted by Crippen LogP contribution is 2.25. The Morgan fingerprint density at radius 1 is 1.57 bits per heavy atom. The molecule has 0 atom stereocenters. The molecule has 0 amide bonds. The first kappa shape index (κ1) is 10.5. The highest BCUT2D eigenvalue weighted by Gasteiger charge is 2.22. The number of carboxylic acids is 1. The van der Waals surface area contributed by atoms with Crippen LogP contribution in [0.15, 0.2) is 6.07 Å². The Morgan fingerprint density at radius 3 is 2.57 bits per heavy atom. The molecule has 0 radical (unpaired) electrons. The molecule has 1 aromatic heterocycles. The van der Waals surface area contributed by atoms with Crippen molar-refractivity contribution in [3.63, 3.8) is 0 Å². The highest BCUT2D eigenvalue weighted by molar-refractivity contribution is 5.89. The number of carbonyl (C=O) groups is 1. The number of hydrogen-bond acceptors (Lipinski definition) is 2. The standard InChI is InChI=1S/C8H6F3NO2/c1-3-6(7(10)11)4(8(13)14)2-5(9)12-3/h2,7H,1H3,(H,13,14). The summed E-state index contributed by atoms with van der Waals surface area (Å²) in [7, 11) is 0. The van der Waals surface area contributed by atoms with Crippen LogP contribution in [0.3, 0.4) is 0 Å². The van der Waals surface area contributed by atoms with Crippen LogP contribution in [-0.4, -0.2) is 16.1 Å². The molecule has 0 fully saturated rings. The molecule has 0 bridgehead atoms. The van der Waals surface area contributed by atoms with Crippen LogP contribution in [0.25, 0.3) is 0 Å². The van der Waals surface area contributed by atoms with Crippen molar-refractivity contribution in [2.75, 3.05) is 0 Å². The third kappa shape index (κ3) is 1.84. The van der Waals surface area contributed by atoms with Gasteiger partial charge in [0, 0.05) is 6.07 Å². The van der Waals surface area contributed by atoms with E-state index in [1.165, 1.54) is 0 Å². The fourth-order valence-corrected chi connectivity index (χ4v) is 1.10. The van der Waals surface area contributed by atoms with Gasteiger partial charge >= 0.3 is 5.97 Å². The van der Waals surface area contributed by atoms with E-state index in [1.807, 2.05) is 0 Å². The second-order valence-electron chi connectivity index (χ2n) is 2.60. The first-order chi connectivity index (χ1) is 6.43. The van der Waals surface area contributed by atoms with Crippen LogP contribution in [0.5, 0.6) is 0 Å². The van der Waals surface area contributed by atoms with Crippen molar-refractivity contribution in [3.05, 3.63) is 28.8 Å². The summed E-state index contributed by atoms with van der Waals surface area (Å²) < 4.78 is 37.3. The van der Waals surface area contributed by atoms with E-state index >= 15 is 0 Å². The molecule has 0 saturated heterocycles. The predicted octanol–water partition coefficient (Wildman–Crippen LogP) is 2.16. The van der Waals surface area contributed by atoms with E-state index in [2.05, 4.69) is 4.98 Å². The third-order valence-electron chi connectivity index (χ3n) is 1.67. The number of aromatic carboxylic acids is 1. The average molecular weight is 205 g/mol. The van der Waals surface area contributed by atoms with Crippen LogP contribution in [0, 0.1) is 12.9 Å². The quantitative estimate of drug-likeness (QED) is 0.752. The minimum absolute atomic E-state index is 0.308. The molecule has 1 heterocycles. The summed E-state index contributed by atoms with van der Waals surface area (Å²) >= 11 is 0. The van der Waals surface area contributed by atoms with Gasteiger partial charge in [0.1, 0.15) is 0 Å². The first-order valence-corrected chi connectivity index (χ1v) is 3.62. The Morgan fingerprint density at radius 2 is 2.14 bits per heavy atom. The third-order valence-corrected chi connectivity index (χ3v) is 1.67. The van der Waals surface area contributed by atoms with Crippen molar-refractivity contribution >= 4 is 5.97 Å². The summed E-state index contributed by atoms with van der Waals surface area (Å²) in [5.74, 6) is -2.67. The van der Waals surface area contributed by atoms with E-state index in [0.717, 1.165) is 6.92 Å². The minimum Gasteiger partial charge on any atom is -0.478 e. The maximum atomic E-state index is 12.6. The number of rotatable bonds is 2. The van der Waals surface area contributed by atoms with Crippen LogP contribution >= 0.6 is 0 Å². The summed E-state index contributed by atoms with van der Waals surface area (Å²) in [4.78, 5) is 13.6. The molecule has 0 aliphatic carbocycles. The zero-order valence-corrected chi connectivity index (χ0v) is 7.09. The molecule has 76 valence electrons. The number of nitrogens with zero attached hydrogens (tertiary/aromatic N) is 1. The SMILES string of the molecule is Cc1nc(F)cc(C(=O)O)c1C(F)F. The van der Waals surface area contributed by atoms with E-state index in [1.54, 1.807) is 0 Å². The average Bonchev–Trinajstić information content (AvgIpc) is 2.01. The number of aromatic nitrogens is 1. The molecule has 6 heteroatoms. The lowest BCUT2D eigenvalue weighted by molar-refractivity contribution is 0.0683. The van der Waals surface area contributed by atoms with E-state index in [9.17, 15) is 18.0 Å². The normalized spacial score (nSPS) is 10.6. The Balaban J connectivity index is 3.44. The van der Waals surface area contributed by atoms with Crippen molar-refractivity contribution in [1.29, 1.82) is 0 Å². The monoisotopic (exact) mass is 205 g/mol. The van der Waals surface area contributed by atoms with Gasteiger partial charge in [0.25, 0.3) is 6.43 Å². The van der Waals surface area contributed by atoms with Crippen molar-refractivity contribution in [2.45, 2.75) is 13.3 Å². The van der Waals surface area contributed by atoms with Crippen molar-refractivity contribution in [1.82, 2.24) is 4.98 Å². The van der Waals surface area contributed by atoms with E-state index in [4.69, 9.17) is 5.11 Å². The molecule has 0 saturated carbocycles. The summed E-state index contributed by atoms with van der Waals surface area (Å²) in [6.45, 7) is 1.14. The first-order valence-electron chi connectivity index (χ1n) is 3.62. The summed E-state index contributed by atoms with van der Waals surface area (Å²) in [5.41, 5.74) is -1.79. The molecule has 14 heavy (non-hydrogen) atoms. The molecule has 1 N–H and O–H groups in total. The lowest BCUT2D eigenvalue weighted by Crippen LogP contribution is -2.08. The maximum Gasteiger partial charge on any atom is 0.336 e. The topological polar surface area (TPSA) is 50.2 Å². The highest BCUT2D eigenvalue weighted by atomic mass is 19.3. The molecule has 1 rings (SSSR count). The van der Waals surface area contributed by atoms with Crippen LogP contribution in [-0.2, 0) is 0 Å². The van der Waals surface area contributed by atoms with Crippen molar-refractivity contribution < 1.29 is 23.1 Å². The van der Waals surface area contributed by atoms with Gasteiger partial charge in [0.2, 0.25) is 5.95 Å². The summed E-state index contributed by atoms with van der Waals surface area (Å²) in [6.07, 6.45) is -2.98. The number of pyridine rings is 1. The van der Waals surface area contributed by atoms with E-state index in [-0.39, 0.29) is 5.69 Å². The molecule has 0 aromatic carbocycles. The Labute approximate surface area is 77.2 Å². The number of carboxylic acid groups (broad SMARTS) is 1. The fourth-order valence-electron chi connectivity index (χ4n) is 1.10. The largest absolute Gasteiger partial charge is 0.478 e. The van der Waals surface area contributed by atoms with Gasteiger partial charge in [-0.1, -0.05) is 0 Å². The van der Waals surface area contributed by atoms with Crippen LogP contribution < -0.4 is 0 Å². The lowest BCUT2D eigenvalue weighted by Gasteiger charge is -2.07. The van der Waals surface area contributed by atoms with Crippen molar-refractivity contribution in [2.24, 2.45) is 0 Å². The fraction of sp³-hybridized carbons (Fsp3) is 0.250. The van der Waals surface area contributed by atoms with Gasteiger partial charge in [0.15, 0.2) is 0 Å². The Kier molecular flexibility index (Phi) is 2.73. The van der Waals surface area contributed by atoms with Gasteiger partial charge in [-0.2, -0.15) is 4.39 Å². The Bertz CT molecular complexity index is 379. The minimum atomic E-state index is -2.98. The molecular formula is C8H6F3NO2. The molecule has 0 aliphatic heterocycles. The molecule has 0 spiro atoms. The summed E-state index contributed by atoms with van der Waals surface area (Å²) in [5, 5.41) is 8.54. The maximum absolute atomic E-state index is 12.6. The van der Waals surface area contributed by atoms with Crippen LogP contribution in [0.1, 0.15) is 28.0 Å². The molecule has 0 unspecified atom stereocenters. The van der Waals surface area contributed by atoms with Gasteiger partial charge in [-0.15, -0.1) is 0 Å². The second-order valence-corrected chi connectivity index (χ2v) is 2.60. The lowest BCUT2D eigenvalue weighted by atomic mass is 10.1. The van der Waals surface area contributed by atoms with Crippen molar-refractivity contribution in [3.8, 4) is 0 Å². The Hall–Kier alpha value is -1.59. The second kappa shape index (κ2) is 3.65. The van der Waals surface area contributed by atoms with Gasteiger partial charge in [-0.25, -0.2) is 18.6 Å². The molecule has 1 aromatic rings. The van der Waals surface area contributed by atoms with Crippen LogP contribution in [0.2, 0.25) is 0 Å². The van der Waals surface area contributed by atoms with Gasteiger partial charge in [-0.05, 0) is 6.92 Å². The number of hydrogen-bond donors (Lipinski definition) is 1. The number of alkyl halides is 2. The number of halogens is 3. The zero-order valence-electron chi connectivity index (χ0n) is 7.09. The summed E-state index contributed by atoms with van der Waals surface area (Å²) in [6, 6.07) is 0.483. The van der Waals surface area contributed by atoms with E-state index < -0.39 is 29.5 Å².